The summed E-state index contributed by atoms with van der Waals surface area (Å²) in [5, 5.41) is 8.90. The van der Waals surface area contributed by atoms with Crippen LogP contribution in [0.1, 0.15) is 32.1 Å². The van der Waals surface area contributed by atoms with Gasteiger partial charge in [-0.1, -0.05) is 0 Å². The molecule has 1 amide bonds. The molecule has 0 aromatic heterocycles. The first kappa shape index (κ1) is 20.3. The summed E-state index contributed by atoms with van der Waals surface area (Å²) in [6, 6.07) is 4.29. The van der Waals surface area contributed by atoms with Gasteiger partial charge in [0.15, 0.2) is 0 Å². The van der Waals surface area contributed by atoms with Crippen LogP contribution in [-0.2, 0) is 19.6 Å². The van der Waals surface area contributed by atoms with Crippen molar-refractivity contribution in [3.63, 3.8) is 0 Å². The van der Waals surface area contributed by atoms with Gasteiger partial charge in [0.1, 0.15) is 5.82 Å². The molecule has 1 aliphatic rings. The first-order chi connectivity index (χ1) is 12.2. The zero-order valence-corrected chi connectivity index (χ0v) is 15.4. The Kier molecular flexibility index (Phi) is 6.71. The molecule has 1 unspecified atom stereocenters. The van der Waals surface area contributed by atoms with Gasteiger partial charge in [-0.15, -0.1) is 0 Å². The van der Waals surface area contributed by atoms with Crippen molar-refractivity contribution in [2.24, 2.45) is 0 Å². The van der Waals surface area contributed by atoms with Crippen LogP contribution in [0.4, 0.5) is 4.39 Å². The fraction of sp³-hybridized carbons (Fsp3) is 0.529. The molecule has 1 aliphatic heterocycles. The first-order valence-electron chi connectivity index (χ1n) is 8.45. The summed E-state index contributed by atoms with van der Waals surface area (Å²) in [5.41, 5.74) is 0. The lowest BCUT2D eigenvalue weighted by Gasteiger charge is -2.24. The Hall–Kier alpha value is -2.00. The Morgan fingerprint density at radius 1 is 1.31 bits per heavy atom. The number of carboxylic acid groups (broad SMARTS) is 1. The Morgan fingerprint density at radius 3 is 2.58 bits per heavy atom. The van der Waals surface area contributed by atoms with Gasteiger partial charge < -0.3 is 10.0 Å². The van der Waals surface area contributed by atoms with E-state index >= 15 is 0 Å². The smallest absolute Gasteiger partial charge is 0.305 e. The number of nitrogens with zero attached hydrogens (tertiary/aromatic N) is 2. The van der Waals surface area contributed by atoms with Crippen LogP contribution >= 0.6 is 0 Å². The largest absolute Gasteiger partial charge is 0.481 e. The van der Waals surface area contributed by atoms with Crippen LogP contribution in [-0.4, -0.2) is 60.8 Å². The number of likely N-dealkylation sites (tertiary alicyclic amines) is 1. The van der Waals surface area contributed by atoms with E-state index in [0.29, 0.717) is 19.4 Å². The van der Waals surface area contributed by atoms with Crippen molar-refractivity contribution in [3.8, 4) is 0 Å². The van der Waals surface area contributed by atoms with E-state index in [1.54, 1.807) is 4.90 Å². The van der Waals surface area contributed by atoms with Crippen molar-refractivity contribution in [3.05, 3.63) is 30.1 Å². The van der Waals surface area contributed by atoms with Gasteiger partial charge in [-0.05, 0) is 43.5 Å². The number of carboxylic acids is 1. The van der Waals surface area contributed by atoms with Crippen LogP contribution < -0.4 is 0 Å². The number of aliphatic carboxylic acids is 1. The Morgan fingerprint density at radius 2 is 1.96 bits per heavy atom. The molecule has 0 aliphatic carbocycles. The predicted molar refractivity (Wildman–Crippen MR) is 92.4 cm³/mol. The maximum Gasteiger partial charge on any atom is 0.305 e. The second kappa shape index (κ2) is 8.59. The van der Waals surface area contributed by atoms with E-state index in [4.69, 9.17) is 5.11 Å². The fourth-order valence-corrected chi connectivity index (χ4v) is 4.29. The van der Waals surface area contributed by atoms with Crippen molar-refractivity contribution in [1.82, 2.24) is 9.21 Å². The van der Waals surface area contributed by atoms with Crippen molar-refractivity contribution < 1.29 is 27.5 Å². The van der Waals surface area contributed by atoms with E-state index < -0.39 is 21.8 Å². The number of carbonyl (C=O) groups is 2. The van der Waals surface area contributed by atoms with Crippen molar-refractivity contribution in [2.45, 2.75) is 43.0 Å². The van der Waals surface area contributed by atoms with Crippen LogP contribution in [0.2, 0.25) is 0 Å². The summed E-state index contributed by atoms with van der Waals surface area (Å²) in [6.07, 6.45) is 1.87. The van der Waals surface area contributed by atoms with Crippen molar-refractivity contribution in [2.75, 3.05) is 20.1 Å². The monoisotopic (exact) mass is 386 g/mol. The van der Waals surface area contributed by atoms with Crippen molar-refractivity contribution >= 4 is 21.9 Å². The molecule has 1 aromatic rings. The molecule has 144 valence electrons. The maximum absolute atomic E-state index is 12.9. The maximum atomic E-state index is 12.9. The molecule has 0 saturated carbocycles. The summed E-state index contributed by atoms with van der Waals surface area (Å²) in [5.74, 6) is -1.60. The van der Waals surface area contributed by atoms with Gasteiger partial charge in [0.25, 0.3) is 0 Å². The predicted octanol–water partition coefficient (Wildman–Crippen LogP) is 1.69. The lowest BCUT2D eigenvalue weighted by atomic mass is 10.1. The third-order valence-corrected chi connectivity index (χ3v) is 6.36. The summed E-state index contributed by atoms with van der Waals surface area (Å²) in [6.45, 7) is 0.684. The molecule has 7 nitrogen and oxygen atoms in total. The number of sulfonamides is 1. The highest BCUT2D eigenvalue weighted by Crippen LogP contribution is 2.22. The van der Waals surface area contributed by atoms with E-state index in [-0.39, 0.29) is 36.2 Å². The second-order valence-electron chi connectivity index (χ2n) is 6.37. The van der Waals surface area contributed by atoms with Crippen LogP contribution in [0.25, 0.3) is 0 Å². The molecule has 0 spiro atoms. The summed E-state index contributed by atoms with van der Waals surface area (Å²) < 4.78 is 38.9. The average molecular weight is 386 g/mol. The van der Waals surface area contributed by atoms with Gasteiger partial charge in [-0.3, -0.25) is 9.59 Å². The van der Waals surface area contributed by atoms with E-state index in [1.807, 2.05) is 0 Å². The molecule has 1 fully saturated rings. The molecular formula is C17H23FN2O5S. The molecule has 0 radical (unpaired) electrons. The zero-order valence-electron chi connectivity index (χ0n) is 14.6. The van der Waals surface area contributed by atoms with E-state index in [1.165, 1.54) is 19.2 Å². The molecule has 1 saturated heterocycles. The highest BCUT2D eigenvalue weighted by Gasteiger charge is 2.30. The first-order valence-corrected chi connectivity index (χ1v) is 9.89. The van der Waals surface area contributed by atoms with Crippen LogP contribution in [0.3, 0.4) is 0 Å². The molecule has 1 N–H and O–H groups in total. The Bertz CT molecular complexity index is 751. The molecule has 1 atom stereocenters. The van der Waals surface area contributed by atoms with Gasteiger partial charge in [0, 0.05) is 32.6 Å². The molecule has 9 heteroatoms. The molecule has 2 rings (SSSR count). The molecule has 1 aromatic carbocycles. The average Bonchev–Trinajstić information content (AvgIpc) is 3.02. The van der Waals surface area contributed by atoms with Gasteiger partial charge in [-0.2, -0.15) is 0 Å². The number of benzene rings is 1. The van der Waals surface area contributed by atoms with Gasteiger partial charge >= 0.3 is 5.97 Å². The third-order valence-electron chi connectivity index (χ3n) is 4.49. The van der Waals surface area contributed by atoms with E-state index in [9.17, 15) is 22.4 Å². The second-order valence-corrected chi connectivity index (χ2v) is 8.41. The number of hydrogen-bond acceptors (Lipinski definition) is 4. The Balaban J connectivity index is 1.87. The third kappa shape index (κ3) is 5.01. The van der Waals surface area contributed by atoms with Crippen LogP contribution in [0.5, 0.6) is 0 Å². The van der Waals surface area contributed by atoms with Crippen molar-refractivity contribution in [1.29, 1.82) is 0 Å². The lowest BCUT2D eigenvalue weighted by Crippen LogP contribution is -2.37. The number of hydrogen-bond donors (Lipinski definition) is 1. The fourth-order valence-electron chi connectivity index (χ4n) is 3.08. The topological polar surface area (TPSA) is 95.0 Å². The van der Waals surface area contributed by atoms with Crippen LogP contribution in [0, 0.1) is 5.82 Å². The minimum Gasteiger partial charge on any atom is -0.481 e. The van der Waals surface area contributed by atoms with Gasteiger partial charge in [-0.25, -0.2) is 17.1 Å². The van der Waals surface area contributed by atoms with E-state index in [2.05, 4.69) is 0 Å². The zero-order chi connectivity index (χ0) is 19.3. The summed E-state index contributed by atoms with van der Waals surface area (Å²) >= 11 is 0. The highest BCUT2D eigenvalue weighted by molar-refractivity contribution is 7.89. The highest BCUT2D eigenvalue weighted by atomic mass is 32.2. The standard InChI is InChI=1S/C17H23FN2O5S/c1-19(26(24,25)15-8-6-13(18)7-9-15)10-3-5-16(21)20-11-2-4-14(20)12-17(22)23/h6-9,14H,2-5,10-12H2,1H3,(H,22,23). The molecule has 0 bridgehead atoms. The summed E-state index contributed by atoms with van der Waals surface area (Å²) in [7, 11) is -2.33. The van der Waals surface area contributed by atoms with Gasteiger partial charge in [0.2, 0.25) is 15.9 Å². The SMILES string of the molecule is CN(CCCC(=O)N1CCCC1CC(=O)O)S(=O)(=O)c1ccc(F)cc1. The molecule has 1 heterocycles. The lowest BCUT2D eigenvalue weighted by molar-refractivity contribution is -0.139. The summed E-state index contributed by atoms with van der Waals surface area (Å²) in [4.78, 5) is 24.7. The van der Waals surface area contributed by atoms with Gasteiger partial charge in [0.05, 0.1) is 11.3 Å². The Labute approximate surface area is 152 Å². The van der Waals surface area contributed by atoms with Crippen LogP contribution in [0.15, 0.2) is 29.2 Å². The normalized spacial score (nSPS) is 17.7. The molecular weight excluding hydrogens is 363 g/mol. The quantitative estimate of drug-likeness (QED) is 0.734. The minimum absolute atomic E-state index is 0.00575. The number of amides is 1. The minimum atomic E-state index is -3.74. The van der Waals surface area contributed by atoms with E-state index in [0.717, 1.165) is 22.9 Å². The number of halogens is 1. The number of carbonyl (C=O) groups excluding carboxylic acids is 1. The number of rotatable bonds is 8. The molecule has 26 heavy (non-hydrogen) atoms.